The summed E-state index contributed by atoms with van der Waals surface area (Å²) in [6, 6.07) is 11.3. The minimum atomic E-state index is -0.168. The molecule has 1 aliphatic rings. The van der Waals surface area contributed by atoms with Gasteiger partial charge in [0.2, 0.25) is 0 Å². The number of nitriles is 1. The van der Waals surface area contributed by atoms with Gasteiger partial charge in [-0.2, -0.15) is 5.26 Å². The Morgan fingerprint density at radius 3 is 2.91 bits per heavy atom. The standard InChI is InChI=1S/C27H28N4O3/c1-5-33-17-19-10-11-27(3,4)24(13-19)30-26-29-16-23(34-26)20-8-9-21(15-28)22(14-20)31-12-6-7-18(2)25(31)32/h6-10,12-14,16H,5,11,17H2,1-4H3,(H,29,30). The largest absolute Gasteiger partial charge is 0.423 e. The maximum atomic E-state index is 12.7. The van der Waals surface area contributed by atoms with Gasteiger partial charge >= 0.3 is 0 Å². The molecule has 0 saturated carbocycles. The molecule has 0 amide bonds. The summed E-state index contributed by atoms with van der Waals surface area (Å²) in [7, 11) is 0. The minimum Gasteiger partial charge on any atom is -0.423 e. The van der Waals surface area contributed by atoms with Crippen molar-refractivity contribution in [2.24, 2.45) is 5.41 Å². The predicted octanol–water partition coefficient (Wildman–Crippen LogP) is 5.36. The van der Waals surface area contributed by atoms with Crippen LogP contribution in [0.4, 0.5) is 6.01 Å². The Hall–Kier alpha value is -3.89. The molecule has 0 unspecified atom stereocenters. The van der Waals surface area contributed by atoms with Gasteiger partial charge in [-0.1, -0.05) is 26.0 Å². The number of hydrogen-bond acceptors (Lipinski definition) is 6. The maximum Gasteiger partial charge on any atom is 0.299 e. The minimum absolute atomic E-state index is 0.0989. The fraction of sp³-hybridized carbons (Fsp3) is 0.296. The lowest BCUT2D eigenvalue weighted by atomic mass is 9.80. The highest BCUT2D eigenvalue weighted by atomic mass is 16.5. The number of nitrogens with one attached hydrogen (secondary N) is 1. The molecule has 1 aromatic carbocycles. The molecule has 1 N–H and O–H groups in total. The van der Waals surface area contributed by atoms with Crippen LogP contribution in [-0.2, 0) is 4.74 Å². The summed E-state index contributed by atoms with van der Waals surface area (Å²) in [4.78, 5) is 17.1. The summed E-state index contributed by atoms with van der Waals surface area (Å²) in [5.41, 5.74) is 4.08. The second-order valence-corrected chi connectivity index (χ2v) is 8.93. The Kier molecular flexibility index (Phi) is 6.53. The number of rotatable bonds is 7. The molecular weight excluding hydrogens is 428 g/mol. The van der Waals surface area contributed by atoms with Crippen LogP contribution in [0.15, 0.2) is 75.4 Å². The lowest BCUT2D eigenvalue weighted by molar-refractivity contribution is 0.172. The van der Waals surface area contributed by atoms with E-state index in [2.05, 4.69) is 42.4 Å². The average molecular weight is 457 g/mol. The molecule has 1 aliphatic carbocycles. The van der Waals surface area contributed by atoms with E-state index in [9.17, 15) is 10.1 Å². The van der Waals surface area contributed by atoms with Crippen molar-refractivity contribution in [3.63, 3.8) is 0 Å². The number of ether oxygens (including phenoxy) is 1. The summed E-state index contributed by atoms with van der Waals surface area (Å²) >= 11 is 0. The highest BCUT2D eigenvalue weighted by molar-refractivity contribution is 5.65. The van der Waals surface area contributed by atoms with E-state index >= 15 is 0 Å². The van der Waals surface area contributed by atoms with E-state index in [0.717, 1.165) is 23.3 Å². The third kappa shape index (κ3) is 4.73. The molecule has 0 fully saturated rings. The van der Waals surface area contributed by atoms with E-state index < -0.39 is 0 Å². The van der Waals surface area contributed by atoms with E-state index in [1.54, 1.807) is 49.6 Å². The molecule has 0 saturated heterocycles. The van der Waals surface area contributed by atoms with Gasteiger partial charge in [-0.3, -0.25) is 9.36 Å². The topological polar surface area (TPSA) is 93.1 Å². The van der Waals surface area contributed by atoms with Crippen LogP contribution in [-0.4, -0.2) is 22.8 Å². The lowest BCUT2D eigenvalue weighted by Crippen LogP contribution is -2.23. The van der Waals surface area contributed by atoms with Gasteiger partial charge in [0.1, 0.15) is 6.07 Å². The maximum absolute atomic E-state index is 12.7. The van der Waals surface area contributed by atoms with Crippen molar-refractivity contribution in [1.82, 2.24) is 9.55 Å². The van der Waals surface area contributed by atoms with Gasteiger partial charge in [0, 0.05) is 35.0 Å². The van der Waals surface area contributed by atoms with Crippen molar-refractivity contribution in [3.8, 4) is 23.1 Å². The molecule has 0 aliphatic heterocycles. The quantitative estimate of drug-likeness (QED) is 0.514. The van der Waals surface area contributed by atoms with E-state index in [1.165, 1.54) is 4.57 Å². The first-order valence-electron chi connectivity index (χ1n) is 11.3. The molecule has 7 heteroatoms. The fourth-order valence-corrected chi connectivity index (χ4v) is 3.81. The van der Waals surface area contributed by atoms with Gasteiger partial charge in [0.25, 0.3) is 11.6 Å². The zero-order valence-electron chi connectivity index (χ0n) is 19.9. The zero-order valence-corrected chi connectivity index (χ0v) is 19.9. The number of hydrogen-bond donors (Lipinski definition) is 1. The number of aryl methyl sites for hydroxylation is 1. The first-order chi connectivity index (χ1) is 16.3. The molecule has 2 aromatic heterocycles. The van der Waals surface area contributed by atoms with Crippen molar-refractivity contribution in [2.75, 3.05) is 18.5 Å². The predicted molar refractivity (Wildman–Crippen MR) is 132 cm³/mol. The summed E-state index contributed by atoms with van der Waals surface area (Å²) in [5.74, 6) is 0.535. The molecule has 2 heterocycles. The van der Waals surface area contributed by atoms with Crippen molar-refractivity contribution in [1.29, 1.82) is 5.26 Å². The SMILES string of the molecule is CCOCC1=CCC(C)(C)C(Nc2ncc(-c3ccc(C#N)c(-n4cccc(C)c4=O)c3)o2)=C1. The lowest BCUT2D eigenvalue weighted by Gasteiger charge is -2.30. The van der Waals surface area contributed by atoms with E-state index in [4.69, 9.17) is 9.15 Å². The first-order valence-corrected chi connectivity index (χ1v) is 11.3. The number of anilines is 1. The van der Waals surface area contributed by atoms with Crippen LogP contribution in [0.25, 0.3) is 17.0 Å². The van der Waals surface area contributed by atoms with Gasteiger partial charge in [-0.15, -0.1) is 0 Å². The summed E-state index contributed by atoms with van der Waals surface area (Å²) in [6.07, 6.45) is 8.47. The van der Waals surface area contributed by atoms with Gasteiger partial charge in [-0.05, 0) is 56.2 Å². The van der Waals surface area contributed by atoms with Crippen molar-refractivity contribution < 1.29 is 9.15 Å². The molecule has 0 radical (unpaired) electrons. The second-order valence-electron chi connectivity index (χ2n) is 8.93. The van der Waals surface area contributed by atoms with Crippen LogP contribution in [0.2, 0.25) is 0 Å². The Balaban J connectivity index is 1.64. The number of benzene rings is 1. The summed E-state index contributed by atoms with van der Waals surface area (Å²) in [6.45, 7) is 9.29. The van der Waals surface area contributed by atoms with Gasteiger partial charge < -0.3 is 14.5 Å². The molecule has 3 aromatic rings. The van der Waals surface area contributed by atoms with Crippen LogP contribution >= 0.6 is 0 Å². The fourth-order valence-electron chi connectivity index (χ4n) is 3.81. The number of oxazole rings is 1. The normalized spacial score (nSPS) is 14.8. The molecule has 4 rings (SSSR count). The second kappa shape index (κ2) is 9.54. The molecule has 174 valence electrons. The number of pyridine rings is 1. The smallest absolute Gasteiger partial charge is 0.299 e. The van der Waals surface area contributed by atoms with Crippen LogP contribution in [0.5, 0.6) is 0 Å². The molecule has 0 spiro atoms. The number of aromatic nitrogens is 2. The highest BCUT2D eigenvalue weighted by Crippen LogP contribution is 2.37. The van der Waals surface area contributed by atoms with Gasteiger partial charge in [0.05, 0.1) is 24.1 Å². The zero-order chi connectivity index (χ0) is 24.3. The third-order valence-corrected chi connectivity index (χ3v) is 5.95. The average Bonchev–Trinajstić information content (AvgIpc) is 3.29. The van der Waals surface area contributed by atoms with Crippen molar-refractivity contribution >= 4 is 6.01 Å². The summed E-state index contributed by atoms with van der Waals surface area (Å²) < 4.78 is 13.1. The van der Waals surface area contributed by atoms with Crippen LogP contribution in [0, 0.1) is 23.7 Å². The third-order valence-electron chi connectivity index (χ3n) is 5.95. The molecule has 0 bridgehead atoms. The van der Waals surface area contributed by atoms with E-state index in [0.29, 0.717) is 41.8 Å². The monoisotopic (exact) mass is 456 g/mol. The summed E-state index contributed by atoms with van der Waals surface area (Å²) in [5, 5.41) is 12.9. The van der Waals surface area contributed by atoms with Gasteiger partial charge in [-0.25, -0.2) is 4.98 Å². The number of allylic oxidation sites excluding steroid dienone is 2. The Bertz CT molecular complexity index is 1370. The van der Waals surface area contributed by atoms with Crippen LogP contribution in [0.1, 0.15) is 38.3 Å². The van der Waals surface area contributed by atoms with Gasteiger partial charge in [0.15, 0.2) is 5.76 Å². The number of nitrogens with zero attached hydrogens (tertiary/aromatic N) is 3. The van der Waals surface area contributed by atoms with E-state index in [1.807, 2.05) is 6.92 Å². The highest BCUT2D eigenvalue weighted by Gasteiger charge is 2.27. The molecular formula is C27H28N4O3. The Morgan fingerprint density at radius 2 is 2.15 bits per heavy atom. The Morgan fingerprint density at radius 1 is 1.32 bits per heavy atom. The van der Waals surface area contributed by atoms with Crippen LogP contribution < -0.4 is 10.9 Å². The molecule has 0 atom stereocenters. The molecule has 34 heavy (non-hydrogen) atoms. The Labute approximate surface area is 199 Å². The van der Waals surface area contributed by atoms with E-state index in [-0.39, 0.29) is 11.0 Å². The van der Waals surface area contributed by atoms with Crippen molar-refractivity contribution in [3.05, 3.63) is 87.6 Å². The van der Waals surface area contributed by atoms with Crippen LogP contribution in [0.3, 0.4) is 0 Å². The first kappa shape index (κ1) is 23.3. The molecule has 7 nitrogen and oxygen atoms in total. The van der Waals surface area contributed by atoms with Crippen molar-refractivity contribution in [2.45, 2.75) is 34.1 Å².